The van der Waals surface area contributed by atoms with Gasteiger partial charge in [-0.25, -0.2) is 4.79 Å². The molecule has 24 heavy (non-hydrogen) atoms. The summed E-state index contributed by atoms with van der Waals surface area (Å²) in [6, 6.07) is 8.42. The fraction of sp³-hybridized carbons (Fsp3) is 0.333. The normalized spacial score (nSPS) is 12.0. The molecule has 0 saturated carbocycles. The van der Waals surface area contributed by atoms with E-state index in [2.05, 4.69) is 19.2 Å². The lowest BCUT2D eigenvalue weighted by atomic mass is 10.1. The molecule has 1 atom stereocenters. The largest absolute Gasteiger partial charge is 0.493 e. The van der Waals surface area contributed by atoms with Crippen LogP contribution in [0.5, 0.6) is 5.75 Å². The van der Waals surface area contributed by atoms with Gasteiger partial charge in [0.25, 0.3) is 5.91 Å². The van der Waals surface area contributed by atoms with Crippen molar-refractivity contribution in [2.45, 2.75) is 26.8 Å². The first kappa shape index (κ1) is 17.6. The molecule has 0 aliphatic carbocycles. The molecule has 0 spiro atoms. The molecule has 2 N–H and O–H groups in total. The van der Waals surface area contributed by atoms with Crippen molar-refractivity contribution in [1.29, 1.82) is 0 Å². The van der Waals surface area contributed by atoms with E-state index in [0.717, 1.165) is 17.6 Å². The third-order valence-corrected chi connectivity index (χ3v) is 3.38. The standard InChI is InChI=1S/C18H21NO5/c1-11(2)9-23-15-6-4-13(5-7-15)12(3)19-17(20)16-8-14(10-24-16)18(21)22/h4-8,10-12H,9H2,1-3H3,(H,19,20)(H,21,22). The summed E-state index contributed by atoms with van der Waals surface area (Å²) in [4.78, 5) is 22.9. The van der Waals surface area contributed by atoms with E-state index in [4.69, 9.17) is 14.3 Å². The fourth-order valence-corrected chi connectivity index (χ4v) is 2.03. The second kappa shape index (κ2) is 7.68. The van der Waals surface area contributed by atoms with Crippen LogP contribution in [0.15, 0.2) is 41.0 Å². The molecule has 6 nitrogen and oxygen atoms in total. The number of carbonyl (C=O) groups excluding carboxylic acids is 1. The van der Waals surface area contributed by atoms with Crippen molar-refractivity contribution in [3.8, 4) is 5.75 Å². The topological polar surface area (TPSA) is 88.8 Å². The minimum absolute atomic E-state index is 0.0314. The summed E-state index contributed by atoms with van der Waals surface area (Å²) in [5.41, 5.74) is 0.852. The number of nitrogens with one attached hydrogen (secondary N) is 1. The van der Waals surface area contributed by atoms with E-state index in [1.54, 1.807) is 0 Å². The van der Waals surface area contributed by atoms with Crippen LogP contribution in [0.4, 0.5) is 0 Å². The van der Waals surface area contributed by atoms with Crippen molar-refractivity contribution in [3.05, 3.63) is 53.5 Å². The molecule has 1 heterocycles. The molecule has 0 aliphatic heterocycles. The van der Waals surface area contributed by atoms with Crippen LogP contribution in [-0.2, 0) is 0 Å². The van der Waals surface area contributed by atoms with Crippen molar-refractivity contribution in [1.82, 2.24) is 5.32 Å². The first-order valence-corrected chi connectivity index (χ1v) is 7.72. The Kier molecular flexibility index (Phi) is 5.63. The van der Waals surface area contributed by atoms with Crippen LogP contribution >= 0.6 is 0 Å². The minimum Gasteiger partial charge on any atom is -0.493 e. The number of amides is 1. The first-order valence-electron chi connectivity index (χ1n) is 7.72. The van der Waals surface area contributed by atoms with E-state index in [1.165, 1.54) is 6.07 Å². The Morgan fingerprint density at radius 3 is 2.42 bits per heavy atom. The Morgan fingerprint density at radius 2 is 1.88 bits per heavy atom. The number of aromatic carboxylic acids is 1. The molecule has 1 amide bonds. The van der Waals surface area contributed by atoms with Gasteiger partial charge in [0.1, 0.15) is 12.0 Å². The maximum Gasteiger partial charge on any atom is 0.338 e. The van der Waals surface area contributed by atoms with Gasteiger partial charge in [-0.3, -0.25) is 4.79 Å². The quantitative estimate of drug-likeness (QED) is 0.810. The Balaban J connectivity index is 1.96. The van der Waals surface area contributed by atoms with Crippen LogP contribution in [0.3, 0.4) is 0 Å². The van der Waals surface area contributed by atoms with Crippen molar-refractivity contribution in [2.24, 2.45) is 5.92 Å². The van der Waals surface area contributed by atoms with Gasteiger partial charge in [-0.15, -0.1) is 0 Å². The van der Waals surface area contributed by atoms with Crippen LogP contribution in [0.1, 0.15) is 53.3 Å². The Hall–Kier alpha value is -2.76. The van der Waals surface area contributed by atoms with Crippen molar-refractivity contribution < 1.29 is 23.8 Å². The molecule has 1 aromatic heterocycles. The summed E-state index contributed by atoms with van der Waals surface area (Å²) in [5.74, 6) is -0.399. The summed E-state index contributed by atoms with van der Waals surface area (Å²) < 4.78 is 10.6. The molecule has 2 aromatic rings. The third kappa shape index (κ3) is 4.62. The number of carbonyl (C=O) groups is 2. The molecule has 0 aliphatic rings. The highest BCUT2D eigenvalue weighted by atomic mass is 16.5. The molecular weight excluding hydrogens is 310 g/mol. The second-order valence-electron chi connectivity index (χ2n) is 5.97. The molecule has 1 aromatic carbocycles. The predicted molar refractivity (Wildman–Crippen MR) is 88.3 cm³/mol. The zero-order valence-corrected chi connectivity index (χ0v) is 13.9. The van der Waals surface area contributed by atoms with Gasteiger partial charge in [-0.05, 0) is 30.5 Å². The highest BCUT2D eigenvalue weighted by Gasteiger charge is 2.17. The van der Waals surface area contributed by atoms with Gasteiger partial charge in [-0.2, -0.15) is 0 Å². The first-order chi connectivity index (χ1) is 11.4. The highest BCUT2D eigenvalue weighted by molar-refractivity contribution is 5.95. The maximum atomic E-state index is 12.1. The number of hydrogen-bond acceptors (Lipinski definition) is 4. The van der Waals surface area contributed by atoms with E-state index in [1.807, 2.05) is 31.2 Å². The smallest absolute Gasteiger partial charge is 0.338 e. The van der Waals surface area contributed by atoms with E-state index >= 15 is 0 Å². The predicted octanol–water partition coefficient (Wildman–Crippen LogP) is 3.50. The van der Waals surface area contributed by atoms with Crippen molar-refractivity contribution in [2.75, 3.05) is 6.61 Å². The van der Waals surface area contributed by atoms with Crippen LogP contribution in [0, 0.1) is 5.92 Å². The maximum absolute atomic E-state index is 12.1. The lowest BCUT2D eigenvalue weighted by Crippen LogP contribution is -2.26. The summed E-state index contributed by atoms with van der Waals surface area (Å²) in [7, 11) is 0. The number of hydrogen-bond donors (Lipinski definition) is 2. The van der Waals surface area contributed by atoms with Crippen molar-refractivity contribution >= 4 is 11.9 Å². The summed E-state index contributed by atoms with van der Waals surface area (Å²) in [5, 5.41) is 11.6. The molecule has 128 valence electrons. The van der Waals surface area contributed by atoms with E-state index in [-0.39, 0.29) is 17.4 Å². The van der Waals surface area contributed by atoms with E-state index in [9.17, 15) is 9.59 Å². The molecule has 1 unspecified atom stereocenters. The lowest BCUT2D eigenvalue weighted by Gasteiger charge is -2.14. The molecule has 0 saturated heterocycles. The fourth-order valence-electron chi connectivity index (χ4n) is 2.03. The van der Waals surface area contributed by atoms with Crippen LogP contribution in [-0.4, -0.2) is 23.6 Å². The van der Waals surface area contributed by atoms with Gasteiger partial charge in [0.15, 0.2) is 5.76 Å². The lowest BCUT2D eigenvalue weighted by molar-refractivity contribution is 0.0695. The zero-order chi connectivity index (χ0) is 17.7. The number of carboxylic acid groups (broad SMARTS) is 1. The number of carboxylic acids is 1. The molecule has 0 radical (unpaired) electrons. The van der Waals surface area contributed by atoms with Crippen LogP contribution in [0.25, 0.3) is 0 Å². The Morgan fingerprint density at radius 1 is 1.21 bits per heavy atom. The third-order valence-electron chi connectivity index (χ3n) is 3.38. The SMILES string of the molecule is CC(C)COc1ccc(C(C)NC(=O)c2cc(C(=O)O)co2)cc1. The number of furan rings is 1. The van der Waals surface area contributed by atoms with Gasteiger partial charge in [0, 0.05) is 6.07 Å². The number of rotatable bonds is 7. The van der Waals surface area contributed by atoms with Crippen molar-refractivity contribution in [3.63, 3.8) is 0 Å². The van der Waals surface area contributed by atoms with Crippen LogP contribution in [0.2, 0.25) is 0 Å². The van der Waals surface area contributed by atoms with Crippen LogP contribution < -0.4 is 10.1 Å². The van der Waals surface area contributed by atoms with Gasteiger partial charge in [0.2, 0.25) is 0 Å². The summed E-state index contributed by atoms with van der Waals surface area (Å²) in [6.45, 7) is 6.64. The van der Waals surface area contributed by atoms with Gasteiger partial charge >= 0.3 is 5.97 Å². The Bertz CT molecular complexity index is 702. The number of benzene rings is 1. The molecule has 6 heteroatoms. The summed E-state index contributed by atoms with van der Waals surface area (Å²) >= 11 is 0. The zero-order valence-electron chi connectivity index (χ0n) is 13.9. The molecule has 0 fully saturated rings. The average molecular weight is 331 g/mol. The number of ether oxygens (including phenoxy) is 1. The van der Waals surface area contributed by atoms with E-state index < -0.39 is 11.9 Å². The molecular formula is C18H21NO5. The molecule has 0 bridgehead atoms. The van der Waals surface area contributed by atoms with E-state index in [0.29, 0.717) is 12.5 Å². The molecule has 2 rings (SSSR count). The van der Waals surface area contributed by atoms with Gasteiger partial charge in [0.05, 0.1) is 18.2 Å². The van der Waals surface area contributed by atoms with Gasteiger partial charge < -0.3 is 19.6 Å². The van der Waals surface area contributed by atoms with Gasteiger partial charge in [-0.1, -0.05) is 26.0 Å². The average Bonchev–Trinajstić information content (AvgIpc) is 3.03. The highest BCUT2D eigenvalue weighted by Crippen LogP contribution is 2.19. The second-order valence-corrected chi connectivity index (χ2v) is 5.97. The summed E-state index contributed by atoms with van der Waals surface area (Å²) in [6.07, 6.45) is 1.04. The minimum atomic E-state index is -1.14. The Labute approximate surface area is 140 Å². The monoisotopic (exact) mass is 331 g/mol.